The van der Waals surface area contributed by atoms with Crippen LogP contribution in [0.25, 0.3) is 0 Å². The minimum Gasteiger partial charge on any atom is -0.450 e. The van der Waals surface area contributed by atoms with Gasteiger partial charge in [-0.3, -0.25) is 0 Å². The Hall–Kier alpha value is -1.83. The maximum atomic E-state index is 12.6. The first-order chi connectivity index (χ1) is 10.7. The van der Waals surface area contributed by atoms with Gasteiger partial charge in [-0.2, -0.15) is 0 Å². The van der Waals surface area contributed by atoms with Gasteiger partial charge in [0.05, 0.1) is 6.54 Å². The highest BCUT2D eigenvalue weighted by Crippen LogP contribution is 2.40. The smallest absolute Gasteiger partial charge is 0.344 e. The average molecular weight is 301 g/mol. The molecule has 4 nitrogen and oxygen atoms in total. The van der Waals surface area contributed by atoms with E-state index in [9.17, 15) is 9.90 Å². The third-order valence-corrected chi connectivity index (χ3v) is 4.22. The van der Waals surface area contributed by atoms with E-state index in [0.29, 0.717) is 5.56 Å². The van der Waals surface area contributed by atoms with E-state index < -0.39 is 11.6 Å². The van der Waals surface area contributed by atoms with Crippen molar-refractivity contribution in [1.29, 1.82) is 0 Å². The summed E-state index contributed by atoms with van der Waals surface area (Å²) < 4.78 is 5.20. The molecule has 0 aromatic heterocycles. The van der Waals surface area contributed by atoms with Crippen molar-refractivity contribution in [2.24, 2.45) is 11.7 Å². The van der Waals surface area contributed by atoms with Gasteiger partial charge in [-0.15, -0.1) is 0 Å². The maximum absolute atomic E-state index is 12.6. The highest BCUT2D eigenvalue weighted by molar-refractivity contribution is 5.81. The quantitative estimate of drug-likeness (QED) is 0.658. The molecule has 1 aromatic rings. The molecule has 0 heterocycles. The van der Waals surface area contributed by atoms with Gasteiger partial charge in [0.25, 0.3) is 0 Å². The number of hydrogen-bond donors (Lipinski definition) is 2. The molecule has 22 heavy (non-hydrogen) atoms. The lowest BCUT2D eigenvalue weighted by Gasteiger charge is -2.36. The highest BCUT2D eigenvalue weighted by Gasteiger charge is 2.46. The predicted octanol–water partition coefficient (Wildman–Crippen LogP) is 1.96. The first kappa shape index (κ1) is 16.5. The number of esters is 1. The molecule has 1 atom stereocenters. The number of rotatable bonds is 4. The molecule has 0 amide bonds. The third-order valence-electron chi connectivity index (χ3n) is 4.22. The lowest BCUT2D eigenvalue weighted by atomic mass is 9.73. The second kappa shape index (κ2) is 7.98. The lowest BCUT2D eigenvalue weighted by Crippen LogP contribution is -2.45. The molecule has 0 aliphatic heterocycles. The summed E-state index contributed by atoms with van der Waals surface area (Å²) in [5.74, 6) is 4.58. The van der Waals surface area contributed by atoms with Gasteiger partial charge in [0.1, 0.15) is 0 Å². The summed E-state index contributed by atoms with van der Waals surface area (Å²) in [7, 11) is 0. The molecule has 4 heteroatoms. The van der Waals surface area contributed by atoms with Gasteiger partial charge in [-0.05, 0) is 18.4 Å². The molecule has 3 N–H and O–H groups in total. The van der Waals surface area contributed by atoms with Crippen LogP contribution in [0, 0.1) is 17.8 Å². The number of hydrogen-bond acceptors (Lipinski definition) is 4. The van der Waals surface area contributed by atoms with E-state index in [2.05, 4.69) is 11.8 Å². The van der Waals surface area contributed by atoms with E-state index in [0.717, 1.165) is 32.1 Å². The molecule has 1 fully saturated rings. The zero-order valence-corrected chi connectivity index (χ0v) is 12.8. The lowest BCUT2D eigenvalue weighted by molar-refractivity contribution is -0.174. The summed E-state index contributed by atoms with van der Waals surface area (Å²) in [4.78, 5) is 12.6. The standard InChI is InChI=1S/C18H23NO3/c19-13-7-8-14-22-17(20)18(21,15-9-3-1-4-10-15)16-11-5-2-6-12-16/h1,3-4,9-10,16,21H,2,5-6,11-14,19H2. The molecule has 118 valence electrons. The maximum Gasteiger partial charge on any atom is 0.344 e. The van der Waals surface area contributed by atoms with Crippen molar-refractivity contribution >= 4 is 5.97 Å². The van der Waals surface area contributed by atoms with Crippen LogP contribution >= 0.6 is 0 Å². The van der Waals surface area contributed by atoms with Gasteiger partial charge in [-0.25, -0.2) is 4.79 Å². The van der Waals surface area contributed by atoms with E-state index in [-0.39, 0.29) is 19.1 Å². The molecular formula is C18H23NO3. The van der Waals surface area contributed by atoms with Crippen LogP contribution in [0.4, 0.5) is 0 Å². The Morgan fingerprint density at radius 1 is 1.23 bits per heavy atom. The first-order valence-electron chi connectivity index (χ1n) is 7.80. The number of ether oxygens (including phenoxy) is 1. The Balaban J connectivity index is 2.22. The number of benzene rings is 1. The van der Waals surface area contributed by atoms with Gasteiger partial charge in [0, 0.05) is 5.92 Å². The van der Waals surface area contributed by atoms with Gasteiger partial charge < -0.3 is 15.6 Å². The summed E-state index contributed by atoms with van der Waals surface area (Å²) in [5, 5.41) is 11.2. The number of nitrogens with two attached hydrogens (primary N) is 1. The van der Waals surface area contributed by atoms with Gasteiger partial charge in [0.15, 0.2) is 12.2 Å². The predicted molar refractivity (Wildman–Crippen MR) is 84.7 cm³/mol. The fourth-order valence-corrected chi connectivity index (χ4v) is 3.07. The molecule has 0 spiro atoms. The summed E-state index contributed by atoms with van der Waals surface area (Å²) >= 11 is 0. The van der Waals surface area contributed by atoms with Crippen molar-refractivity contribution in [3.8, 4) is 11.8 Å². The van der Waals surface area contributed by atoms with Crippen LogP contribution in [0.5, 0.6) is 0 Å². The summed E-state index contributed by atoms with van der Waals surface area (Å²) in [6.45, 7) is 0.182. The van der Waals surface area contributed by atoms with Crippen molar-refractivity contribution < 1.29 is 14.6 Å². The second-order valence-electron chi connectivity index (χ2n) is 5.60. The van der Waals surface area contributed by atoms with Crippen molar-refractivity contribution in [3.05, 3.63) is 35.9 Å². The molecule has 0 saturated heterocycles. The fourth-order valence-electron chi connectivity index (χ4n) is 3.07. The van der Waals surface area contributed by atoms with E-state index in [1.165, 1.54) is 0 Å². The summed E-state index contributed by atoms with van der Waals surface area (Å²) in [5.41, 5.74) is 4.28. The Kier molecular flexibility index (Phi) is 6.00. The van der Waals surface area contributed by atoms with Crippen LogP contribution in [-0.4, -0.2) is 24.2 Å². The van der Waals surface area contributed by atoms with Crippen LogP contribution in [0.1, 0.15) is 37.7 Å². The molecule has 1 saturated carbocycles. The number of carbonyl (C=O) groups excluding carboxylic acids is 1. The van der Waals surface area contributed by atoms with E-state index in [4.69, 9.17) is 10.5 Å². The van der Waals surface area contributed by atoms with E-state index in [1.54, 1.807) is 12.1 Å². The van der Waals surface area contributed by atoms with Crippen LogP contribution in [-0.2, 0) is 15.1 Å². The number of carbonyl (C=O) groups is 1. The Morgan fingerprint density at radius 2 is 1.91 bits per heavy atom. The van der Waals surface area contributed by atoms with Crippen LogP contribution in [0.15, 0.2) is 30.3 Å². The topological polar surface area (TPSA) is 72.5 Å². The monoisotopic (exact) mass is 301 g/mol. The molecule has 2 rings (SSSR count). The fraction of sp³-hybridized carbons (Fsp3) is 0.500. The molecule has 1 aliphatic rings. The van der Waals surface area contributed by atoms with Crippen molar-refractivity contribution in [2.45, 2.75) is 37.7 Å². The summed E-state index contributed by atoms with van der Waals surface area (Å²) in [6, 6.07) is 9.07. The van der Waals surface area contributed by atoms with Gasteiger partial charge in [0.2, 0.25) is 0 Å². The third kappa shape index (κ3) is 3.68. The average Bonchev–Trinajstić information content (AvgIpc) is 2.59. The zero-order valence-electron chi connectivity index (χ0n) is 12.8. The minimum absolute atomic E-state index is 0.0438. The Morgan fingerprint density at radius 3 is 2.55 bits per heavy atom. The molecule has 1 aliphatic carbocycles. The highest BCUT2D eigenvalue weighted by atomic mass is 16.5. The van der Waals surface area contributed by atoms with Crippen molar-refractivity contribution in [1.82, 2.24) is 0 Å². The second-order valence-corrected chi connectivity index (χ2v) is 5.60. The number of aliphatic hydroxyl groups is 1. The van der Waals surface area contributed by atoms with E-state index >= 15 is 0 Å². The molecule has 1 aromatic carbocycles. The largest absolute Gasteiger partial charge is 0.450 e. The first-order valence-corrected chi connectivity index (χ1v) is 7.80. The SMILES string of the molecule is NCC#CCOC(=O)C(O)(c1ccccc1)C1CCCCC1. The normalized spacial score (nSPS) is 17.9. The minimum atomic E-state index is -1.59. The molecular weight excluding hydrogens is 278 g/mol. The molecule has 0 radical (unpaired) electrons. The summed E-state index contributed by atoms with van der Waals surface area (Å²) in [6.07, 6.45) is 4.86. The molecule has 0 bridgehead atoms. The Bertz CT molecular complexity index is 540. The molecule has 1 unspecified atom stereocenters. The van der Waals surface area contributed by atoms with E-state index in [1.807, 2.05) is 18.2 Å². The van der Waals surface area contributed by atoms with Crippen LogP contribution in [0.2, 0.25) is 0 Å². The van der Waals surface area contributed by atoms with Crippen molar-refractivity contribution in [2.75, 3.05) is 13.2 Å². The van der Waals surface area contributed by atoms with Crippen LogP contribution < -0.4 is 5.73 Å². The van der Waals surface area contributed by atoms with Gasteiger partial charge in [-0.1, -0.05) is 61.4 Å². The van der Waals surface area contributed by atoms with Gasteiger partial charge >= 0.3 is 5.97 Å². The van der Waals surface area contributed by atoms with Crippen molar-refractivity contribution in [3.63, 3.8) is 0 Å². The Labute approximate surface area is 131 Å². The van der Waals surface area contributed by atoms with Crippen LogP contribution in [0.3, 0.4) is 0 Å². The zero-order chi connectivity index (χ0) is 15.8.